The highest BCUT2D eigenvalue weighted by Gasteiger charge is 2.41. The van der Waals surface area contributed by atoms with Crippen LogP contribution < -0.4 is 10.3 Å². The Bertz CT molecular complexity index is 1460. The first kappa shape index (κ1) is 27.9. The van der Waals surface area contributed by atoms with Gasteiger partial charge < -0.3 is 14.2 Å². The van der Waals surface area contributed by atoms with Gasteiger partial charge in [-0.3, -0.25) is 9.59 Å². The van der Waals surface area contributed by atoms with Crippen molar-refractivity contribution in [3.05, 3.63) is 92.7 Å². The third-order valence-electron chi connectivity index (χ3n) is 8.17. The molecule has 0 saturated heterocycles. The molecule has 9 heteroatoms. The number of alkyl halides is 3. The van der Waals surface area contributed by atoms with Crippen LogP contribution in [0.2, 0.25) is 0 Å². The molecule has 5 rings (SSSR count). The highest BCUT2D eigenvalue weighted by atomic mass is 19.4. The zero-order valence-corrected chi connectivity index (χ0v) is 23.1. The van der Waals surface area contributed by atoms with Crippen LogP contribution in [0.5, 0.6) is 5.75 Å². The van der Waals surface area contributed by atoms with Crippen LogP contribution in [0.25, 0.3) is 0 Å². The van der Waals surface area contributed by atoms with Gasteiger partial charge in [-0.2, -0.15) is 18.2 Å². The summed E-state index contributed by atoms with van der Waals surface area (Å²) in [6, 6.07) is 13.5. The van der Waals surface area contributed by atoms with Crippen LogP contribution in [0.15, 0.2) is 53.3 Å². The van der Waals surface area contributed by atoms with Crippen LogP contribution in [0.4, 0.5) is 13.2 Å². The van der Waals surface area contributed by atoms with E-state index in [2.05, 4.69) is 4.98 Å². The van der Waals surface area contributed by atoms with E-state index in [-0.39, 0.29) is 36.4 Å². The zero-order chi connectivity index (χ0) is 28.7. The lowest BCUT2D eigenvalue weighted by Crippen LogP contribution is -2.47. The van der Waals surface area contributed by atoms with Gasteiger partial charge in [0.2, 0.25) is 5.75 Å². The monoisotopic (exact) mass is 553 g/mol. The first-order chi connectivity index (χ1) is 19.0. The summed E-state index contributed by atoms with van der Waals surface area (Å²) >= 11 is 0. The molecule has 0 unspecified atom stereocenters. The van der Waals surface area contributed by atoms with E-state index in [1.54, 1.807) is 16.4 Å². The van der Waals surface area contributed by atoms with E-state index in [0.717, 1.165) is 24.5 Å². The normalized spacial score (nSPS) is 16.9. The van der Waals surface area contributed by atoms with Gasteiger partial charge in [-0.25, -0.2) is 0 Å². The van der Waals surface area contributed by atoms with E-state index in [1.165, 1.54) is 6.07 Å². The number of rotatable bonds is 7. The highest BCUT2D eigenvalue weighted by Crippen LogP contribution is 2.45. The summed E-state index contributed by atoms with van der Waals surface area (Å²) in [4.78, 5) is 33.3. The van der Waals surface area contributed by atoms with Crippen LogP contribution in [-0.4, -0.2) is 32.9 Å². The molecule has 1 aromatic heterocycles. The Labute approximate surface area is 231 Å². The predicted octanol–water partition coefficient (Wildman–Crippen LogP) is 6.07. The minimum absolute atomic E-state index is 0.0794. The quantitative estimate of drug-likeness (QED) is 0.356. The fourth-order valence-corrected chi connectivity index (χ4v) is 6.14. The van der Waals surface area contributed by atoms with Gasteiger partial charge in [0.05, 0.1) is 5.56 Å². The summed E-state index contributed by atoms with van der Waals surface area (Å²) in [5, 5.41) is 0. The lowest BCUT2D eigenvalue weighted by Gasteiger charge is -2.36. The molecule has 1 saturated carbocycles. The molecule has 1 fully saturated rings. The molecule has 2 heterocycles. The molecule has 0 bridgehead atoms. The third kappa shape index (κ3) is 5.38. The van der Waals surface area contributed by atoms with Crippen LogP contribution in [-0.2, 0) is 31.2 Å². The number of benzene rings is 2. The van der Waals surface area contributed by atoms with Crippen molar-refractivity contribution in [3.8, 4) is 5.75 Å². The number of halogens is 3. The van der Waals surface area contributed by atoms with Crippen molar-refractivity contribution in [1.29, 1.82) is 0 Å². The minimum atomic E-state index is -4.46. The largest absolute Gasteiger partial charge is 0.481 e. The second-order valence-electron chi connectivity index (χ2n) is 11.3. The average molecular weight is 554 g/mol. The standard InChI is InChI=1S/C31H34F3N3O3/c1-20(2)36-13-14-37-25(35-28(38)27(26(37)29(36)39)40-19-22-9-5-4-6-10-22)18-30(11-7-8-12-30)23-15-21(3)16-24(17-23)31(32,33)34/h4-6,9-10,15-17,20H,7-8,11-14,18-19H2,1-3H3. The molecule has 212 valence electrons. The number of amides is 1. The van der Waals surface area contributed by atoms with Gasteiger partial charge in [0.15, 0.2) is 5.69 Å². The second-order valence-corrected chi connectivity index (χ2v) is 11.3. The molecular weight excluding hydrogens is 519 g/mol. The maximum Gasteiger partial charge on any atom is 0.416 e. The molecule has 3 aromatic rings. The number of aromatic nitrogens is 2. The van der Waals surface area contributed by atoms with Crippen molar-refractivity contribution in [3.63, 3.8) is 0 Å². The van der Waals surface area contributed by atoms with Crippen LogP contribution in [0.1, 0.15) is 78.1 Å². The molecule has 2 aromatic carbocycles. The number of fused-ring (bicyclic) bond motifs is 1. The number of ether oxygens (including phenoxy) is 1. The summed E-state index contributed by atoms with van der Waals surface area (Å²) in [5.74, 6) is 0.0274. The Morgan fingerprint density at radius 3 is 2.38 bits per heavy atom. The number of carbonyl (C=O) groups excluding carboxylic acids is 1. The third-order valence-corrected chi connectivity index (χ3v) is 8.17. The molecule has 0 spiro atoms. The van der Waals surface area contributed by atoms with E-state index in [0.29, 0.717) is 42.9 Å². The van der Waals surface area contributed by atoms with Gasteiger partial charge in [0, 0.05) is 31.0 Å². The van der Waals surface area contributed by atoms with Crippen molar-refractivity contribution in [1.82, 2.24) is 14.5 Å². The first-order valence-electron chi connectivity index (χ1n) is 13.8. The molecule has 1 amide bonds. The van der Waals surface area contributed by atoms with E-state index >= 15 is 0 Å². The fraction of sp³-hybridized carbons (Fsp3) is 0.452. The van der Waals surface area contributed by atoms with Crippen LogP contribution >= 0.6 is 0 Å². The predicted molar refractivity (Wildman–Crippen MR) is 145 cm³/mol. The molecule has 2 aliphatic rings. The molecule has 1 aliphatic heterocycles. The maximum atomic E-state index is 13.7. The van der Waals surface area contributed by atoms with Gasteiger partial charge in [-0.1, -0.05) is 54.8 Å². The Hall–Kier alpha value is -3.62. The summed E-state index contributed by atoms with van der Waals surface area (Å²) in [5.41, 5.74) is 0.235. The summed E-state index contributed by atoms with van der Waals surface area (Å²) in [6.45, 7) is 6.47. The molecule has 0 atom stereocenters. The summed E-state index contributed by atoms with van der Waals surface area (Å²) in [7, 11) is 0. The average Bonchev–Trinajstić information content (AvgIpc) is 3.38. The fourth-order valence-electron chi connectivity index (χ4n) is 6.14. The smallest absolute Gasteiger partial charge is 0.416 e. The van der Waals surface area contributed by atoms with Crippen molar-refractivity contribution in [2.45, 2.75) is 83.7 Å². The van der Waals surface area contributed by atoms with Gasteiger partial charge in [-0.05, 0) is 56.9 Å². The molecule has 0 N–H and O–H groups in total. The van der Waals surface area contributed by atoms with Crippen LogP contribution in [0.3, 0.4) is 0 Å². The van der Waals surface area contributed by atoms with E-state index in [1.807, 2.05) is 50.2 Å². The molecule has 1 aliphatic carbocycles. The van der Waals surface area contributed by atoms with Gasteiger partial charge >= 0.3 is 11.7 Å². The minimum Gasteiger partial charge on any atom is -0.481 e. The topological polar surface area (TPSA) is 64.4 Å². The Kier molecular flexibility index (Phi) is 7.50. The maximum absolute atomic E-state index is 13.7. The number of hydrogen-bond donors (Lipinski definition) is 0. The highest BCUT2D eigenvalue weighted by molar-refractivity contribution is 5.96. The van der Waals surface area contributed by atoms with Gasteiger partial charge in [0.1, 0.15) is 12.4 Å². The Morgan fingerprint density at radius 1 is 1.02 bits per heavy atom. The molecule has 0 radical (unpaired) electrons. The van der Waals surface area contributed by atoms with Crippen molar-refractivity contribution < 1.29 is 22.7 Å². The molecular formula is C31H34F3N3O3. The Balaban J connectivity index is 1.60. The molecule has 40 heavy (non-hydrogen) atoms. The summed E-state index contributed by atoms with van der Waals surface area (Å²) < 4.78 is 48.9. The van der Waals surface area contributed by atoms with Crippen molar-refractivity contribution >= 4 is 5.91 Å². The van der Waals surface area contributed by atoms with E-state index < -0.39 is 22.7 Å². The zero-order valence-electron chi connectivity index (χ0n) is 23.1. The van der Waals surface area contributed by atoms with Crippen molar-refractivity contribution in [2.24, 2.45) is 0 Å². The van der Waals surface area contributed by atoms with E-state index in [4.69, 9.17) is 4.74 Å². The lowest BCUT2D eigenvalue weighted by atomic mass is 9.74. The number of carbonyl (C=O) groups is 1. The van der Waals surface area contributed by atoms with Crippen molar-refractivity contribution in [2.75, 3.05) is 6.54 Å². The van der Waals surface area contributed by atoms with Gasteiger partial charge in [0.25, 0.3) is 5.91 Å². The number of aryl methyl sites for hydroxylation is 1. The lowest BCUT2D eigenvalue weighted by molar-refractivity contribution is -0.137. The molecule has 6 nitrogen and oxygen atoms in total. The van der Waals surface area contributed by atoms with Crippen LogP contribution in [0, 0.1) is 6.92 Å². The SMILES string of the molecule is Cc1cc(C(F)(F)F)cc(C2(Cc3nc(=O)c(OCc4ccccc4)c4n3CCN(C(C)C)C4=O)CCCC2)c1. The second kappa shape index (κ2) is 10.7. The van der Waals surface area contributed by atoms with Gasteiger partial charge in [-0.15, -0.1) is 0 Å². The Morgan fingerprint density at radius 2 is 1.73 bits per heavy atom. The number of hydrogen-bond acceptors (Lipinski definition) is 4. The first-order valence-corrected chi connectivity index (χ1v) is 13.8. The van der Waals surface area contributed by atoms with E-state index in [9.17, 15) is 22.8 Å². The number of nitrogens with zero attached hydrogens (tertiary/aromatic N) is 3. The summed E-state index contributed by atoms with van der Waals surface area (Å²) in [6.07, 6.45) is -1.10.